The summed E-state index contributed by atoms with van der Waals surface area (Å²) >= 11 is 0. The van der Waals surface area contributed by atoms with Crippen LogP contribution in [-0.2, 0) is 11.2 Å². The molecule has 22 heavy (non-hydrogen) atoms. The normalized spacial score (nSPS) is 10.6. The molecule has 0 radical (unpaired) electrons. The molecule has 0 bridgehead atoms. The zero-order valence-electron chi connectivity index (χ0n) is 12.3. The highest BCUT2D eigenvalue weighted by molar-refractivity contribution is 5.89. The number of nitrogens with zero attached hydrogens (tertiary/aromatic N) is 3. The van der Waals surface area contributed by atoms with Gasteiger partial charge < -0.3 is 9.47 Å². The molecule has 0 atom stereocenters. The van der Waals surface area contributed by atoms with E-state index >= 15 is 0 Å². The monoisotopic (exact) mass is 297 g/mol. The molecule has 0 aliphatic heterocycles. The minimum atomic E-state index is -0.390. The first-order valence-electron chi connectivity index (χ1n) is 6.77. The molecule has 0 saturated heterocycles. The van der Waals surface area contributed by atoms with Gasteiger partial charge in [-0.05, 0) is 18.2 Å². The topological polar surface area (TPSA) is 65.7 Å². The van der Waals surface area contributed by atoms with Gasteiger partial charge in [-0.2, -0.15) is 0 Å². The number of pyridine rings is 1. The van der Waals surface area contributed by atoms with Crippen LogP contribution in [0.2, 0.25) is 0 Å². The van der Waals surface area contributed by atoms with Gasteiger partial charge in [0.15, 0.2) is 5.65 Å². The van der Waals surface area contributed by atoms with Crippen LogP contribution < -0.4 is 4.74 Å². The highest BCUT2D eigenvalue weighted by Crippen LogP contribution is 2.20. The highest BCUT2D eigenvalue weighted by atomic mass is 16.5. The molecule has 0 fully saturated rings. The molecule has 2 heterocycles. The molecule has 0 spiro atoms. The molecular weight excluding hydrogens is 282 g/mol. The van der Waals surface area contributed by atoms with Crippen molar-refractivity contribution in [2.75, 3.05) is 14.2 Å². The van der Waals surface area contributed by atoms with Crippen molar-refractivity contribution in [3.8, 4) is 5.75 Å². The molecule has 2 aromatic heterocycles. The summed E-state index contributed by atoms with van der Waals surface area (Å²) in [6.45, 7) is 0. The third-order valence-corrected chi connectivity index (χ3v) is 3.44. The molecule has 6 heteroatoms. The predicted molar refractivity (Wildman–Crippen MR) is 80.1 cm³/mol. The van der Waals surface area contributed by atoms with Gasteiger partial charge in [0.2, 0.25) is 0 Å². The summed E-state index contributed by atoms with van der Waals surface area (Å²) in [5, 5.41) is 8.31. The average Bonchev–Trinajstić information content (AvgIpc) is 2.97. The van der Waals surface area contributed by atoms with E-state index in [0.717, 1.165) is 17.1 Å². The van der Waals surface area contributed by atoms with Crippen LogP contribution in [0.3, 0.4) is 0 Å². The summed E-state index contributed by atoms with van der Waals surface area (Å²) in [5.41, 5.74) is 2.14. The van der Waals surface area contributed by atoms with E-state index in [1.807, 2.05) is 24.3 Å². The molecule has 6 nitrogen and oxygen atoms in total. The SMILES string of the molecule is COC(=O)c1ccc2nnc(Cc3ccccc3OC)n2c1. The summed E-state index contributed by atoms with van der Waals surface area (Å²) in [4.78, 5) is 11.7. The quantitative estimate of drug-likeness (QED) is 0.690. The average molecular weight is 297 g/mol. The first-order chi connectivity index (χ1) is 10.7. The van der Waals surface area contributed by atoms with E-state index in [1.165, 1.54) is 7.11 Å². The smallest absolute Gasteiger partial charge is 0.339 e. The molecule has 0 unspecified atom stereocenters. The summed E-state index contributed by atoms with van der Waals surface area (Å²) < 4.78 is 11.9. The highest BCUT2D eigenvalue weighted by Gasteiger charge is 2.12. The van der Waals surface area contributed by atoms with E-state index in [1.54, 1.807) is 29.8 Å². The number of esters is 1. The van der Waals surface area contributed by atoms with Crippen molar-refractivity contribution in [1.29, 1.82) is 0 Å². The molecule has 1 aromatic carbocycles. The minimum absolute atomic E-state index is 0.390. The number of aromatic nitrogens is 3. The van der Waals surface area contributed by atoms with Crippen LogP contribution >= 0.6 is 0 Å². The number of carbonyl (C=O) groups excluding carboxylic acids is 1. The largest absolute Gasteiger partial charge is 0.496 e. The van der Waals surface area contributed by atoms with E-state index < -0.39 is 0 Å². The summed E-state index contributed by atoms with van der Waals surface area (Å²) in [5.74, 6) is 1.13. The van der Waals surface area contributed by atoms with Crippen molar-refractivity contribution < 1.29 is 14.3 Å². The van der Waals surface area contributed by atoms with Gasteiger partial charge in [0, 0.05) is 18.2 Å². The summed E-state index contributed by atoms with van der Waals surface area (Å²) in [6.07, 6.45) is 2.24. The Kier molecular flexibility index (Phi) is 3.74. The van der Waals surface area contributed by atoms with Crippen molar-refractivity contribution in [1.82, 2.24) is 14.6 Å². The Balaban J connectivity index is 2.02. The third-order valence-electron chi connectivity index (χ3n) is 3.44. The fourth-order valence-corrected chi connectivity index (χ4v) is 2.32. The van der Waals surface area contributed by atoms with Crippen LogP contribution in [0, 0.1) is 0 Å². The van der Waals surface area contributed by atoms with Crippen molar-refractivity contribution in [2.24, 2.45) is 0 Å². The van der Waals surface area contributed by atoms with Crippen LogP contribution in [0.5, 0.6) is 5.75 Å². The van der Waals surface area contributed by atoms with Gasteiger partial charge in [-0.15, -0.1) is 10.2 Å². The lowest BCUT2D eigenvalue weighted by molar-refractivity contribution is 0.0600. The van der Waals surface area contributed by atoms with E-state index in [9.17, 15) is 4.79 Å². The molecule has 0 aliphatic rings. The van der Waals surface area contributed by atoms with Gasteiger partial charge in [-0.25, -0.2) is 4.79 Å². The van der Waals surface area contributed by atoms with Crippen LogP contribution in [0.15, 0.2) is 42.6 Å². The second-order valence-corrected chi connectivity index (χ2v) is 4.74. The maximum atomic E-state index is 11.7. The molecule has 0 saturated carbocycles. The molecule has 0 amide bonds. The van der Waals surface area contributed by atoms with E-state index in [-0.39, 0.29) is 5.97 Å². The Morgan fingerprint density at radius 3 is 2.73 bits per heavy atom. The molecule has 0 aliphatic carbocycles. The number of para-hydroxylation sites is 1. The summed E-state index contributed by atoms with van der Waals surface area (Å²) in [6, 6.07) is 11.1. The van der Waals surface area contributed by atoms with Crippen LogP contribution in [0.4, 0.5) is 0 Å². The number of hydrogen-bond donors (Lipinski definition) is 0. The molecule has 112 valence electrons. The lowest BCUT2D eigenvalue weighted by Crippen LogP contribution is -2.04. The lowest BCUT2D eigenvalue weighted by Gasteiger charge is -2.07. The molecule has 3 rings (SSSR count). The Labute approximate surface area is 127 Å². The first kappa shape index (κ1) is 14.1. The van der Waals surface area contributed by atoms with E-state index in [4.69, 9.17) is 9.47 Å². The van der Waals surface area contributed by atoms with Gasteiger partial charge in [-0.1, -0.05) is 18.2 Å². The number of fused-ring (bicyclic) bond motifs is 1. The van der Waals surface area contributed by atoms with Crippen molar-refractivity contribution >= 4 is 11.6 Å². The number of methoxy groups -OCH3 is 2. The fourth-order valence-electron chi connectivity index (χ4n) is 2.32. The van der Waals surface area contributed by atoms with Gasteiger partial charge in [-0.3, -0.25) is 4.40 Å². The summed E-state index contributed by atoms with van der Waals surface area (Å²) in [7, 11) is 2.99. The number of benzene rings is 1. The standard InChI is InChI=1S/C16H15N3O3/c1-21-13-6-4-3-5-11(13)9-15-18-17-14-8-7-12(10-19(14)15)16(20)22-2/h3-8,10H,9H2,1-2H3. The van der Waals surface area contributed by atoms with Crippen molar-refractivity contribution in [3.63, 3.8) is 0 Å². The number of rotatable bonds is 4. The van der Waals surface area contributed by atoms with Gasteiger partial charge >= 0.3 is 5.97 Å². The Hall–Kier alpha value is -2.89. The Morgan fingerprint density at radius 2 is 1.95 bits per heavy atom. The van der Waals surface area contributed by atoms with E-state index in [2.05, 4.69) is 10.2 Å². The number of ether oxygens (including phenoxy) is 2. The maximum absolute atomic E-state index is 11.7. The van der Waals surface area contributed by atoms with Crippen molar-refractivity contribution in [3.05, 3.63) is 59.5 Å². The van der Waals surface area contributed by atoms with Gasteiger partial charge in [0.25, 0.3) is 0 Å². The van der Waals surface area contributed by atoms with Gasteiger partial charge in [0.1, 0.15) is 11.6 Å². The Bertz CT molecular complexity index is 826. The molecule has 0 N–H and O–H groups in total. The Morgan fingerprint density at radius 1 is 1.14 bits per heavy atom. The fraction of sp³-hybridized carbons (Fsp3) is 0.188. The minimum Gasteiger partial charge on any atom is -0.496 e. The van der Waals surface area contributed by atoms with Crippen LogP contribution in [0.25, 0.3) is 5.65 Å². The predicted octanol–water partition coefficient (Wildman–Crippen LogP) is 2.12. The third kappa shape index (κ3) is 2.50. The van der Waals surface area contributed by atoms with Gasteiger partial charge in [0.05, 0.1) is 19.8 Å². The maximum Gasteiger partial charge on any atom is 0.339 e. The second-order valence-electron chi connectivity index (χ2n) is 4.74. The number of carbonyl (C=O) groups is 1. The molecule has 3 aromatic rings. The number of hydrogen-bond acceptors (Lipinski definition) is 5. The molecular formula is C16H15N3O3. The zero-order chi connectivity index (χ0) is 15.5. The second kappa shape index (κ2) is 5.85. The zero-order valence-corrected chi connectivity index (χ0v) is 12.3. The van der Waals surface area contributed by atoms with Crippen molar-refractivity contribution in [2.45, 2.75) is 6.42 Å². The van der Waals surface area contributed by atoms with Crippen LogP contribution in [-0.4, -0.2) is 34.8 Å². The van der Waals surface area contributed by atoms with Crippen LogP contribution in [0.1, 0.15) is 21.7 Å². The lowest BCUT2D eigenvalue weighted by atomic mass is 10.1. The van der Waals surface area contributed by atoms with E-state index in [0.29, 0.717) is 17.6 Å². The first-order valence-corrected chi connectivity index (χ1v) is 6.77.